The zero-order chi connectivity index (χ0) is 14.0. The van der Waals surface area contributed by atoms with Crippen molar-refractivity contribution in [2.75, 3.05) is 7.05 Å². The van der Waals surface area contributed by atoms with E-state index in [9.17, 15) is 4.39 Å². The first kappa shape index (κ1) is 14.0. The minimum absolute atomic E-state index is 0.197. The molecule has 0 radical (unpaired) electrons. The van der Waals surface area contributed by atoms with E-state index in [1.165, 1.54) is 6.07 Å². The molecule has 0 heterocycles. The lowest BCUT2D eigenvalue weighted by Gasteiger charge is -2.19. The first-order valence-electron chi connectivity index (χ1n) is 6.21. The van der Waals surface area contributed by atoms with Crippen LogP contribution >= 0.6 is 11.6 Å². The van der Waals surface area contributed by atoms with Crippen LogP contribution in [0.5, 0.6) is 0 Å². The molecule has 1 N–H and O–H groups in total. The third kappa shape index (κ3) is 3.14. The van der Waals surface area contributed by atoms with Crippen molar-refractivity contribution in [1.82, 2.24) is 5.32 Å². The minimum Gasteiger partial charge on any atom is -0.309 e. The van der Waals surface area contributed by atoms with Gasteiger partial charge in [0.15, 0.2) is 0 Å². The van der Waals surface area contributed by atoms with E-state index in [-0.39, 0.29) is 11.9 Å². The van der Waals surface area contributed by atoms with Crippen LogP contribution in [0.2, 0.25) is 5.02 Å². The normalized spacial score (nSPS) is 12.5. The highest BCUT2D eigenvalue weighted by Crippen LogP contribution is 2.27. The van der Waals surface area contributed by atoms with Crippen molar-refractivity contribution in [3.05, 3.63) is 69.5 Å². The third-order valence-electron chi connectivity index (χ3n) is 3.15. The molecule has 2 rings (SSSR count). The molecule has 1 unspecified atom stereocenters. The molecule has 0 fully saturated rings. The van der Waals surface area contributed by atoms with Crippen LogP contribution in [-0.2, 0) is 0 Å². The Morgan fingerprint density at radius 2 is 1.79 bits per heavy atom. The smallest absolute Gasteiger partial charge is 0.128 e. The fourth-order valence-electron chi connectivity index (χ4n) is 2.32. The summed E-state index contributed by atoms with van der Waals surface area (Å²) in [5.74, 6) is -0.206. The van der Waals surface area contributed by atoms with Gasteiger partial charge in [-0.3, -0.25) is 0 Å². The van der Waals surface area contributed by atoms with Gasteiger partial charge in [-0.2, -0.15) is 0 Å². The van der Waals surface area contributed by atoms with Crippen LogP contribution in [0.3, 0.4) is 0 Å². The Bertz CT molecular complexity index is 575. The lowest BCUT2D eigenvalue weighted by Crippen LogP contribution is -2.19. The summed E-state index contributed by atoms with van der Waals surface area (Å²) in [6.07, 6.45) is 0. The number of hydrogen-bond acceptors (Lipinski definition) is 1. The summed E-state index contributed by atoms with van der Waals surface area (Å²) in [6.45, 7) is 3.94. The van der Waals surface area contributed by atoms with Crippen LogP contribution < -0.4 is 5.32 Å². The van der Waals surface area contributed by atoms with Crippen molar-refractivity contribution in [3.8, 4) is 0 Å². The van der Waals surface area contributed by atoms with E-state index in [0.717, 1.165) is 16.7 Å². The maximum Gasteiger partial charge on any atom is 0.128 e. The molecule has 2 aromatic carbocycles. The van der Waals surface area contributed by atoms with E-state index in [2.05, 4.69) is 5.32 Å². The number of benzene rings is 2. The maximum absolute atomic E-state index is 14.0. The summed E-state index contributed by atoms with van der Waals surface area (Å²) in [4.78, 5) is 0. The maximum atomic E-state index is 14.0. The van der Waals surface area contributed by atoms with Crippen molar-refractivity contribution < 1.29 is 4.39 Å². The lowest BCUT2D eigenvalue weighted by atomic mass is 9.96. The highest BCUT2D eigenvalue weighted by molar-refractivity contribution is 6.30. The third-order valence-corrected chi connectivity index (χ3v) is 3.37. The fourth-order valence-corrected chi connectivity index (χ4v) is 2.62. The molecule has 0 aliphatic rings. The molecule has 0 amide bonds. The van der Waals surface area contributed by atoms with Crippen molar-refractivity contribution in [2.45, 2.75) is 19.9 Å². The van der Waals surface area contributed by atoms with Crippen LogP contribution in [0, 0.1) is 19.7 Å². The SMILES string of the molecule is CNC(c1cc(C)cc(Cl)c1)c1cc(C)ccc1F. The van der Waals surface area contributed by atoms with Crippen molar-refractivity contribution in [3.63, 3.8) is 0 Å². The largest absolute Gasteiger partial charge is 0.309 e. The Kier molecular flexibility index (Phi) is 4.23. The highest BCUT2D eigenvalue weighted by atomic mass is 35.5. The van der Waals surface area contributed by atoms with E-state index in [1.54, 1.807) is 6.07 Å². The second kappa shape index (κ2) is 5.72. The van der Waals surface area contributed by atoms with E-state index in [1.807, 2.05) is 45.2 Å². The predicted molar refractivity (Wildman–Crippen MR) is 78.2 cm³/mol. The first-order valence-corrected chi connectivity index (χ1v) is 6.59. The average Bonchev–Trinajstić information content (AvgIpc) is 2.33. The zero-order valence-corrected chi connectivity index (χ0v) is 12.1. The molecule has 2 aromatic rings. The molecule has 0 saturated carbocycles. The van der Waals surface area contributed by atoms with Crippen LogP contribution in [0.4, 0.5) is 4.39 Å². The Morgan fingerprint density at radius 3 is 2.42 bits per heavy atom. The molecule has 3 heteroatoms. The number of nitrogens with one attached hydrogen (secondary N) is 1. The summed E-state index contributed by atoms with van der Waals surface area (Å²) < 4.78 is 14.0. The predicted octanol–water partition coefficient (Wildman–Crippen LogP) is 4.40. The number of aryl methyl sites for hydroxylation is 2. The Hall–Kier alpha value is -1.38. The molecular formula is C16H17ClFN. The summed E-state index contributed by atoms with van der Waals surface area (Å²) in [5, 5.41) is 3.83. The molecular weight excluding hydrogens is 261 g/mol. The van der Waals surface area contributed by atoms with Crippen molar-refractivity contribution in [2.24, 2.45) is 0 Å². The van der Waals surface area contributed by atoms with Gasteiger partial charge in [-0.1, -0.05) is 35.4 Å². The number of halogens is 2. The van der Waals surface area contributed by atoms with Gasteiger partial charge >= 0.3 is 0 Å². The van der Waals surface area contributed by atoms with Gasteiger partial charge in [-0.25, -0.2) is 4.39 Å². The van der Waals surface area contributed by atoms with E-state index < -0.39 is 0 Å². The van der Waals surface area contributed by atoms with Crippen molar-refractivity contribution in [1.29, 1.82) is 0 Å². The number of hydrogen-bond donors (Lipinski definition) is 1. The summed E-state index contributed by atoms with van der Waals surface area (Å²) >= 11 is 6.09. The molecule has 100 valence electrons. The van der Waals surface area contributed by atoms with Crippen LogP contribution in [0.15, 0.2) is 36.4 Å². The average molecular weight is 278 g/mol. The van der Waals surface area contributed by atoms with Gasteiger partial charge in [0, 0.05) is 10.6 Å². The molecule has 0 spiro atoms. The van der Waals surface area contributed by atoms with Gasteiger partial charge < -0.3 is 5.32 Å². The molecule has 0 aliphatic heterocycles. The van der Waals surface area contributed by atoms with Crippen LogP contribution in [0.1, 0.15) is 28.3 Å². The molecule has 1 atom stereocenters. The first-order chi connectivity index (χ1) is 9.01. The monoisotopic (exact) mass is 277 g/mol. The second-order valence-electron chi connectivity index (χ2n) is 4.81. The molecule has 0 saturated heterocycles. The van der Waals surface area contributed by atoms with Gasteiger partial charge in [0.1, 0.15) is 5.82 Å². The lowest BCUT2D eigenvalue weighted by molar-refractivity contribution is 0.575. The minimum atomic E-state index is -0.206. The van der Waals surface area contributed by atoms with Crippen molar-refractivity contribution >= 4 is 11.6 Å². The number of rotatable bonds is 3. The van der Waals surface area contributed by atoms with Gasteiger partial charge in [-0.05, 0) is 50.2 Å². The standard InChI is InChI=1S/C16H17ClFN/c1-10-4-5-15(18)14(8-10)16(19-3)12-6-11(2)7-13(17)9-12/h4-9,16,19H,1-3H3. The Labute approximate surface area is 118 Å². The van der Waals surface area contributed by atoms with Crippen LogP contribution in [0.25, 0.3) is 0 Å². The summed E-state index contributed by atoms with van der Waals surface area (Å²) in [7, 11) is 1.82. The summed E-state index contributed by atoms with van der Waals surface area (Å²) in [6, 6.07) is 10.7. The molecule has 19 heavy (non-hydrogen) atoms. The van der Waals surface area contributed by atoms with Gasteiger partial charge in [0.25, 0.3) is 0 Å². The van der Waals surface area contributed by atoms with Gasteiger partial charge in [-0.15, -0.1) is 0 Å². The second-order valence-corrected chi connectivity index (χ2v) is 5.25. The molecule has 0 aliphatic carbocycles. The van der Waals surface area contributed by atoms with E-state index >= 15 is 0 Å². The summed E-state index contributed by atoms with van der Waals surface area (Å²) in [5.41, 5.74) is 3.72. The van der Waals surface area contributed by atoms with E-state index in [4.69, 9.17) is 11.6 Å². The topological polar surface area (TPSA) is 12.0 Å². The van der Waals surface area contributed by atoms with E-state index in [0.29, 0.717) is 10.6 Å². The van der Waals surface area contributed by atoms with Gasteiger partial charge in [0.05, 0.1) is 6.04 Å². The van der Waals surface area contributed by atoms with Gasteiger partial charge in [0.2, 0.25) is 0 Å². The molecule has 0 aromatic heterocycles. The Balaban J connectivity index is 2.52. The quantitative estimate of drug-likeness (QED) is 0.876. The molecule has 0 bridgehead atoms. The highest BCUT2D eigenvalue weighted by Gasteiger charge is 2.17. The van der Waals surface area contributed by atoms with Crippen LogP contribution in [-0.4, -0.2) is 7.05 Å². The Morgan fingerprint density at radius 1 is 1.05 bits per heavy atom. The zero-order valence-electron chi connectivity index (χ0n) is 11.3. The fraction of sp³-hybridized carbons (Fsp3) is 0.250. The molecule has 1 nitrogen and oxygen atoms in total.